The summed E-state index contributed by atoms with van der Waals surface area (Å²) in [6.45, 7) is 1.70. The minimum Gasteiger partial charge on any atom is -0.326 e. The quantitative estimate of drug-likeness (QED) is 0.800. The molecule has 0 saturated carbocycles. The largest absolute Gasteiger partial charge is 0.416 e. The smallest absolute Gasteiger partial charge is 0.326 e. The van der Waals surface area contributed by atoms with Crippen LogP contribution in [0.4, 0.5) is 32.0 Å². The van der Waals surface area contributed by atoms with Crippen LogP contribution in [-0.4, -0.2) is 10.9 Å². The Labute approximate surface area is 136 Å². The molecule has 0 fully saturated rings. The molecule has 10 heteroatoms. The summed E-state index contributed by atoms with van der Waals surface area (Å²) in [5, 5.41) is 4.33. The van der Waals surface area contributed by atoms with Crippen molar-refractivity contribution in [2.75, 3.05) is 5.32 Å². The van der Waals surface area contributed by atoms with Crippen molar-refractivity contribution in [3.63, 3.8) is 0 Å². The van der Waals surface area contributed by atoms with Crippen LogP contribution in [0, 0.1) is 6.92 Å². The molecular weight excluding hydrogens is 358 g/mol. The van der Waals surface area contributed by atoms with Crippen molar-refractivity contribution in [1.82, 2.24) is 4.98 Å². The van der Waals surface area contributed by atoms with Crippen molar-refractivity contribution in [3.05, 3.63) is 45.4 Å². The van der Waals surface area contributed by atoms with E-state index in [4.69, 9.17) is 0 Å². The number of rotatable bonds is 3. The minimum absolute atomic E-state index is 0.000548. The molecule has 0 spiro atoms. The van der Waals surface area contributed by atoms with Crippen LogP contribution in [0.3, 0.4) is 0 Å². The predicted molar refractivity (Wildman–Crippen MR) is 75.6 cm³/mol. The lowest BCUT2D eigenvalue weighted by molar-refractivity contribution is -0.143. The average molecular weight is 368 g/mol. The number of anilines is 1. The summed E-state index contributed by atoms with van der Waals surface area (Å²) in [6, 6.07) is 0.915. The molecule has 0 saturated heterocycles. The van der Waals surface area contributed by atoms with Gasteiger partial charge in [0, 0.05) is 11.1 Å². The minimum atomic E-state index is -4.97. The molecule has 1 N–H and O–H groups in total. The van der Waals surface area contributed by atoms with Crippen molar-refractivity contribution in [1.29, 1.82) is 0 Å². The molecule has 1 heterocycles. The zero-order valence-corrected chi connectivity index (χ0v) is 12.9. The van der Waals surface area contributed by atoms with Crippen LogP contribution >= 0.6 is 11.3 Å². The number of carbonyl (C=O) groups excluding carboxylic acids is 1. The molecule has 1 aromatic carbocycles. The highest BCUT2D eigenvalue weighted by Gasteiger charge is 2.37. The second kappa shape index (κ2) is 6.42. The summed E-state index contributed by atoms with van der Waals surface area (Å²) in [4.78, 5) is 15.8. The number of halogens is 6. The fraction of sp³-hybridized carbons (Fsp3) is 0.286. The monoisotopic (exact) mass is 368 g/mol. The molecule has 2 rings (SSSR count). The van der Waals surface area contributed by atoms with Crippen LogP contribution in [0.2, 0.25) is 0 Å². The lowest BCUT2D eigenvalue weighted by Gasteiger charge is -2.14. The van der Waals surface area contributed by atoms with Crippen molar-refractivity contribution in [2.45, 2.75) is 25.7 Å². The topological polar surface area (TPSA) is 42.0 Å². The van der Waals surface area contributed by atoms with Gasteiger partial charge < -0.3 is 5.32 Å². The van der Waals surface area contributed by atoms with E-state index in [-0.39, 0.29) is 12.5 Å². The number of nitrogens with zero attached hydrogens (tertiary/aromatic N) is 1. The molecule has 1 aromatic heterocycles. The zero-order chi connectivity index (χ0) is 18.1. The molecule has 0 radical (unpaired) electrons. The second-order valence-electron chi connectivity index (χ2n) is 4.88. The number of thiazole rings is 1. The molecule has 2 aromatic rings. The first-order valence-corrected chi connectivity index (χ1v) is 7.33. The number of aromatic nitrogens is 1. The SMILES string of the molecule is Cc1nc(CC(=O)Nc2cc(C(F)(F)F)cc(C(F)(F)F)c2)cs1. The number of aryl methyl sites for hydroxylation is 1. The summed E-state index contributed by atoms with van der Waals surface area (Å²) in [6.07, 6.45) is -10.2. The Morgan fingerprint density at radius 3 is 2.04 bits per heavy atom. The van der Waals surface area contributed by atoms with E-state index in [2.05, 4.69) is 10.3 Å². The highest BCUT2D eigenvalue weighted by molar-refractivity contribution is 7.09. The summed E-state index contributed by atoms with van der Waals surface area (Å²) in [7, 11) is 0. The molecular formula is C14H10F6N2OS. The summed E-state index contributed by atoms with van der Waals surface area (Å²) >= 11 is 1.28. The standard InChI is InChI=1S/C14H10F6N2OS/c1-7-21-11(6-24-7)5-12(23)22-10-3-8(13(15,16)17)2-9(4-10)14(18,19)20/h2-4,6H,5H2,1H3,(H,22,23). The Morgan fingerprint density at radius 1 is 1.08 bits per heavy atom. The number of nitrogens with one attached hydrogen (secondary N) is 1. The number of carbonyl (C=O) groups is 1. The van der Waals surface area contributed by atoms with Gasteiger partial charge in [-0.2, -0.15) is 26.3 Å². The molecule has 0 aliphatic heterocycles. The molecule has 0 unspecified atom stereocenters. The number of amides is 1. The van der Waals surface area contributed by atoms with Gasteiger partial charge in [0.2, 0.25) is 5.91 Å². The van der Waals surface area contributed by atoms with Crippen molar-refractivity contribution in [3.8, 4) is 0 Å². The van der Waals surface area contributed by atoms with Gasteiger partial charge in [0.25, 0.3) is 0 Å². The molecule has 1 amide bonds. The Kier molecular flexibility index (Phi) is 4.88. The average Bonchev–Trinajstić information content (AvgIpc) is 2.81. The second-order valence-corrected chi connectivity index (χ2v) is 5.94. The molecule has 3 nitrogen and oxygen atoms in total. The van der Waals surface area contributed by atoms with Gasteiger partial charge in [0.05, 0.1) is 28.2 Å². The summed E-state index contributed by atoms with van der Waals surface area (Å²) in [5.41, 5.74) is -3.17. The van der Waals surface area contributed by atoms with Gasteiger partial charge in [-0.05, 0) is 25.1 Å². The number of hydrogen-bond acceptors (Lipinski definition) is 3. The van der Waals surface area contributed by atoms with Crippen LogP contribution in [-0.2, 0) is 23.6 Å². The lowest BCUT2D eigenvalue weighted by atomic mass is 10.1. The highest BCUT2D eigenvalue weighted by Crippen LogP contribution is 2.37. The Morgan fingerprint density at radius 2 is 1.62 bits per heavy atom. The third-order valence-corrected chi connectivity index (χ3v) is 3.70. The van der Waals surface area contributed by atoms with Gasteiger partial charge in [-0.25, -0.2) is 4.98 Å². The zero-order valence-electron chi connectivity index (χ0n) is 12.0. The van der Waals surface area contributed by atoms with E-state index < -0.39 is 35.1 Å². The molecule has 0 aliphatic carbocycles. The van der Waals surface area contributed by atoms with E-state index in [0.29, 0.717) is 22.8 Å². The summed E-state index contributed by atoms with van der Waals surface area (Å²) < 4.78 is 76.4. The normalized spacial score (nSPS) is 12.3. The molecule has 24 heavy (non-hydrogen) atoms. The first-order chi connectivity index (χ1) is 10.9. The van der Waals surface area contributed by atoms with E-state index in [9.17, 15) is 31.1 Å². The molecule has 0 atom stereocenters. The van der Waals surface area contributed by atoms with E-state index >= 15 is 0 Å². The van der Waals surface area contributed by atoms with Crippen LogP contribution < -0.4 is 5.32 Å². The fourth-order valence-electron chi connectivity index (χ4n) is 1.89. The van der Waals surface area contributed by atoms with Gasteiger partial charge in [0.1, 0.15) is 0 Å². The maximum Gasteiger partial charge on any atom is 0.416 e. The molecule has 130 valence electrons. The molecule has 0 aliphatic rings. The molecule has 0 bridgehead atoms. The highest BCUT2D eigenvalue weighted by atomic mass is 32.1. The maximum absolute atomic E-state index is 12.7. The van der Waals surface area contributed by atoms with E-state index in [1.807, 2.05) is 0 Å². The van der Waals surface area contributed by atoms with Gasteiger partial charge >= 0.3 is 12.4 Å². The predicted octanol–water partition coefficient (Wildman–Crippen LogP) is 4.67. The number of alkyl halides is 6. The first-order valence-electron chi connectivity index (χ1n) is 6.45. The Bertz CT molecular complexity index is 718. The van der Waals surface area contributed by atoms with E-state index in [1.165, 1.54) is 11.3 Å². The van der Waals surface area contributed by atoms with Crippen LogP contribution in [0.15, 0.2) is 23.6 Å². The number of benzene rings is 1. The van der Waals surface area contributed by atoms with Gasteiger partial charge in [-0.3, -0.25) is 4.79 Å². The van der Waals surface area contributed by atoms with Crippen LogP contribution in [0.25, 0.3) is 0 Å². The Hall–Kier alpha value is -2.10. The summed E-state index contributed by atoms with van der Waals surface area (Å²) in [5.74, 6) is -0.757. The third-order valence-electron chi connectivity index (χ3n) is 2.88. The van der Waals surface area contributed by atoms with Crippen molar-refractivity contribution in [2.24, 2.45) is 0 Å². The Balaban J connectivity index is 2.26. The fourth-order valence-corrected chi connectivity index (χ4v) is 2.50. The van der Waals surface area contributed by atoms with Gasteiger partial charge in [0.15, 0.2) is 0 Å². The van der Waals surface area contributed by atoms with Gasteiger partial charge in [-0.15, -0.1) is 11.3 Å². The van der Waals surface area contributed by atoms with Crippen molar-refractivity contribution >= 4 is 22.9 Å². The van der Waals surface area contributed by atoms with E-state index in [1.54, 1.807) is 12.3 Å². The first kappa shape index (κ1) is 18.2. The van der Waals surface area contributed by atoms with Gasteiger partial charge in [-0.1, -0.05) is 0 Å². The third kappa shape index (κ3) is 4.70. The van der Waals surface area contributed by atoms with Crippen LogP contribution in [0.5, 0.6) is 0 Å². The maximum atomic E-state index is 12.7. The number of hydrogen-bond donors (Lipinski definition) is 1. The van der Waals surface area contributed by atoms with E-state index in [0.717, 1.165) is 0 Å². The van der Waals surface area contributed by atoms with Crippen LogP contribution in [0.1, 0.15) is 21.8 Å². The lowest BCUT2D eigenvalue weighted by Crippen LogP contribution is -2.17. The van der Waals surface area contributed by atoms with Crippen molar-refractivity contribution < 1.29 is 31.1 Å².